The predicted octanol–water partition coefficient (Wildman–Crippen LogP) is 11.7. The minimum Gasteiger partial charge on any atom is -0.309 e. The highest BCUT2D eigenvalue weighted by atomic mass is 15.0. The summed E-state index contributed by atoms with van der Waals surface area (Å²) < 4.78 is 4.45. The topological polar surface area (TPSA) is 85.6 Å². The van der Waals surface area contributed by atoms with Crippen molar-refractivity contribution in [3.8, 4) is 51.8 Å². The lowest BCUT2D eigenvalue weighted by Gasteiger charge is -2.20. The molecule has 6 nitrogen and oxygen atoms in total. The molecule has 0 N–H and O–H groups in total. The van der Waals surface area contributed by atoms with Crippen molar-refractivity contribution in [2.75, 3.05) is 0 Å². The Morgan fingerprint density at radius 1 is 0.472 bits per heavy atom. The lowest BCUT2D eigenvalue weighted by molar-refractivity contribution is 1.17. The number of rotatable bonds is 4. The van der Waals surface area contributed by atoms with Crippen LogP contribution in [0.15, 0.2) is 140 Å². The van der Waals surface area contributed by atoms with Gasteiger partial charge in [0.15, 0.2) is 5.69 Å². The van der Waals surface area contributed by atoms with E-state index in [0.717, 1.165) is 82.8 Å². The van der Waals surface area contributed by atoms with Crippen LogP contribution < -0.4 is 0 Å². The van der Waals surface area contributed by atoms with Crippen LogP contribution in [0.25, 0.3) is 82.1 Å². The largest absolute Gasteiger partial charge is 0.309 e. The van der Waals surface area contributed by atoms with Crippen LogP contribution in [0.5, 0.6) is 0 Å². The van der Waals surface area contributed by atoms with Gasteiger partial charge in [0.2, 0.25) is 0 Å². The Balaban J connectivity index is 1.40. The number of aromatic nitrogens is 2. The molecule has 0 spiro atoms. The first-order valence-electron chi connectivity index (χ1n) is 17.1. The molecule has 0 aliphatic heterocycles. The van der Waals surface area contributed by atoms with E-state index in [1.54, 1.807) is 0 Å². The van der Waals surface area contributed by atoms with Crippen molar-refractivity contribution in [1.82, 2.24) is 9.13 Å². The monoisotopic (exact) mass is 674 g/mol. The lowest BCUT2D eigenvalue weighted by Crippen LogP contribution is -2.01. The third-order valence-corrected chi connectivity index (χ3v) is 10.2. The minimum atomic E-state index is 0.521. The van der Waals surface area contributed by atoms with Crippen molar-refractivity contribution in [2.24, 2.45) is 0 Å². The molecule has 0 aliphatic carbocycles. The average molecular weight is 675 g/mol. The van der Waals surface area contributed by atoms with Crippen LogP contribution in [-0.2, 0) is 0 Å². The quantitative estimate of drug-likeness (QED) is 0.174. The second kappa shape index (κ2) is 12.2. The van der Waals surface area contributed by atoms with Crippen molar-refractivity contribution in [2.45, 2.75) is 6.92 Å². The van der Waals surface area contributed by atoms with Crippen LogP contribution in [0.2, 0.25) is 0 Å². The van der Waals surface area contributed by atoms with Gasteiger partial charge in [-0.05, 0) is 119 Å². The van der Waals surface area contributed by atoms with E-state index >= 15 is 0 Å². The normalized spacial score (nSPS) is 11.0. The Hall–Kier alpha value is -7.90. The molecule has 244 valence electrons. The Labute approximate surface area is 305 Å². The predicted molar refractivity (Wildman–Crippen MR) is 211 cm³/mol. The van der Waals surface area contributed by atoms with Crippen LogP contribution in [-0.4, -0.2) is 9.13 Å². The third kappa shape index (κ3) is 4.84. The number of benzene rings is 7. The minimum absolute atomic E-state index is 0.521. The highest BCUT2D eigenvalue weighted by molar-refractivity contribution is 6.12. The van der Waals surface area contributed by atoms with Gasteiger partial charge in [0.05, 0.1) is 69.2 Å². The second-order valence-electron chi connectivity index (χ2n) is 13.1. The van der Waals surface area contributed by atoms with Gasteiger partial charge in [-0.3, -0.25) is 0 Å². The summed E-state index contributed by atoms with van der Waals surface area (Å²) in [6, 6.07) is 52.9. The Bertz CT molecular complexity index is 3180. The van der Waals surface area contributed by atoms with Crippen molar-refractivity contribution in [1.29, 1.82) is 15.8 Å². The van der Waals surface area contributed by atoms with Crippen LogP contribution in [0.4, 0.5) is 5.69 Å². The van der Waals surface area contributed by atoms with Gasteiger partial charge in [-0.15, -0.1) is 0 Å². The SMILES string of the molecule is [C-]#[N+]c1ccc2c(c1)c1ccccc1n2-c1ccc(-c2ccc(C#N)cc2C)c(-c2cc(C#N)ccc2-n2c3ccccc3c3cc(C#N)ccc32)c1. The fourth-order valence-electron chi connectivity index (χ4n) is 7.79. The zero-order valence-electron chi connectivity index (χ0n) is 28.5. The Kier molecular flexibility index (Phi) is 7.13. The van der Waals surface area contributed by atoms with Crippen molar-refractivity contribution >= 4 is 49.3 Å². The summed E-state index contributed by atoms with van der Waals surface area (Å²) in [6.45, 7) is 9.68. The van der Waals surface area contributed by atoms with E-state index in [-0.39, 0.29) is 0 Å². The molecule has 0 aliphatic rings. The summed E-state index contributed by atoms with van der Waals surface area (Å²) in [5.41, 5.74) is 12.6. The number of para-hydroxylation sites is 2. The van der Waals surface area contributed by atoms with E-state index in [1.807, 2.05) is 104 Å². The molecule has 0 fully saturated rings. The number of nitrogens with zero attached hydrogens (tertiary/aromatic N) is 6. The standard InChI is InChI=1S/C47H26N6/c1-29-21-30(26-48)11-16-35(29)36-17-15-34(52-43-9-5-3-8-38(43)42-24-33(51-2)14-20-45(42)52)25-39(36)41-23-32(28-50)13-19-47(41)53-44-10-6-4-7-37(44)40-22-31(27-49)12-18-46(40)53/h3-25H,1H3. The summed E-state index contributed by atoms with van der Waals surface area (Å²) in [5, 5.41) is 33.8. The van der Waals surface area contributed by atoms with Gasteiger partial charge in [-0.1, -0.05) is 54.6 Å². The zero-order chi connectivity index (χ0) is 36.2. The van der Waals surface area contributed by atoms with E-state index in [4.69, 9.17) is 6.57 Å². The van der Waals surface area contributed by atoms with Gasteiger partial charge < -0.3 is 9.13 Å². The summed E-state index contributed by atoms with van der Waals surface area (Å²) in [5.74, 6) is 0. The smallest absolute Gasteiger partial charge is 0.188 e. The summed E-state index contributed by atoms with van der Waals surface area (Å²) in [6.07, 6.45) is 0. The first-order valence-corrected chi connectivity index (χ1v) is 17.1. The molecule has 0 atom stereocenters. The molecule has 0 saturated heterocycles. The van der Waals surface area contributed by atoms with Crippen LogP contribution in [0, 0.1) is 47.5 Å². The number of nitriles is 3. The van der Waals surface area contributed by atoms with Gasteiger partial charge in [0.1, 0.15) is 0 Å². The number of aryl methyl sites for hydroxylation is 1. The van der Waals surface area contributed by atoms with E-state index in [0.29, 0.717) is 22.4 Å². The van der Waals surface area contributed by atoms with Gasteiger partial charge in [-0.2, -0.15) is 15.8 Å². The fourth-order valence-corrected chi connectivity index (χ4v) is 7.79. The van der Waals surface area contributed by atoms with Gasteiger partial charge in [0.25, 0.3) is 0 Å². The van der Waals surface area contributed by atoms with E-state index < -0.39 is 0 Å². The molecule has 6 heteroatoms. The summed E-state index contributed by atoms with van der Waals surface area (Å²) in [4.78, 5) is 3.71. The molecule has 2 heterocycles. The molecule has 0 radical (unpaired) electrons. The maximum Gasteiger partial charge on any atom is 0.188 e. The summed E-state index contributed by atoms with van der Waals surface area (Å²) in [7, 11) is 0. The molecule has 0 amide bonds. The first kappa shape index (κ1) is 31.1. The molecular formula is C47H26N6. The number of hydrogen-bond donors (Lipinski definition) is 0. The molecule has 9 aromatic rings. The van der Waals surface area contributed by atoms with Gasteiger partial charge >= 0.3 is 0 Å². The first-order chi connectivity index (χ1) is 26.0. The van der Waals surface area contributed by atoms with Crippen molar-refractivity contribution < 1.29 is 0 Å². The molecule has 0 saturated carbocycles. The third-order valence-electron chi connectivity index (χ3n) is 10.2. The maximum absolute atomic E-state index is 10.3. The molecule has 9 rings (SSSR count). The van der Waals surface area contributed by atoms with Gasteiger partial charge in [0, 0.05) is 27.4 Å². The maximum atomic E-state index is 10.3. The number of hydrogen-bond acceptors (Lipinski definition) is 3. The Morgan fingerprint density at radius 3 is 1.75 bits per heavy atom. The van der Waals surface area contributed by atoms with Crippen molar-refractivity contribution in [3.63, 3.8) is 0 Å². The molecule has 0 bridgehead atoms. The van der Waals surface area contributed by atoms with Gasteiger partial charge in [-0.25, -0.2) is 4.85 Å². The highest BCUT2D eigenvalue weighted by Crippen LogP contribution is 2.43. The second-order valence-corrected chi connectivity index (χ2v) is 13.1. The molecular weight excluding hydrogens is 649 g/mol. The van der Waals surface area contributed by atoms with Crippen LogP contribution >= 0.6 is 0 Å². The van der Waals surface area contributed by atoms with E-state index in [1.165, 1.54) is 0 Å². The Morgan fingerprint density at radius 2 is 1.04 bits per heavy atom. The average Bonchev–Trinajstić information content (AvgIpc) is 3.72. The molecule has 53 heavy (non-hydrogen) atoms. The van der Waals surface area contributed by atoms with Crippen molar-refractivity contribution in [3.05, 3.63) is 173 Å². The fraction of sp³-hybridized carbons (Fsp3) is 0.0213. The molecule has 0 unspecified atom stereocenters. The van der Waals surface area contributed by atoms with E-state index in [2.05, 4.69) is 74.7 Å². The highest BCUT2D eigenvalue weighted by Gasteiger charge is 2.21. The molecule has 2 aromatic heterocycles. The van der Waals surface area contributed by atoms with Crippen LogP contribution in [0.3, 0.4) is 0 Å². The lowest BCUT2D eigenvalue weighted by atomic mass is 9.89. The van der Waals surface area contributed by atoms with E-state index in [9.17, 15) is 15.8 Å². The summed E-state index contributed by atoms with van der Waals surface area (Å²) >= 11 is 0. The van der Waals surface area contributed by atoms with Crippen LogP contribution in [0.1, 0.15) is 22.3 Å². The number of fused-ring (bicyclic) bond motifs is 6. The molecule has 7 aromatic carbocycles. The zero-order valence-corrected chi connectivity index (χ0v) is 28.5.